The van der Waals surface area contributed by atoms with Crippen LogP contribution in [0.2, 0.25) is 0 Å². The zero-order valence-electron chi connectivity index (χ0n) is 13.3. The normalized spacial score (nSPS) is 12.2. The third-order valence-corrected chi connectivity index (χ3v) is 3.90. The van der Waals surface area contributed by atoms with E-state index in [0.717, 1.165) is 16.8 Å². The van der Waals surface area contributed by atoms with Gasteiger partial charge >= 0.3 is 0 Å². The predicted molar refractivity (Wildman–Crippen MR) is 91.2 cm³/mol. The number of hydrogen-bond acceptors (Lipinski definition) is 3. The van der Waals surface area contributed by atoms with Crippen molar-refractivity contribution in [3.05, 3.63) is 83.9 Å². The molecule has 0 fully saturated rings. The highest BCUT2D eigenvalue weighted by atomic mass is 19.1. The molecule has 1 atom stereocenters. The predicted octanol–water partition coefficient (Wildman–Crippen LogP) is 3.22. The Morgan fingerprint density at radius 1 is 1.08 bits per heavy atom. The van der Waals surface area contributed by atoms with Crippen molar-refractivity contribution in [2.24, 2.45) is 0 Å². The summed E-state index contributed by atoms with van der Waals surface area (Å²) in [6.07, 6.45) is 4.36. The first kappa shape index (κ1) is 16.4. The van der Waals surface area contributed by atoms with Crippen molar-refractivity contribution in [3.63, 3.8) is 0 Å². The molecule has 0 bridgehead atoms. The van der Waals surface area contributed by atoms with Crippen molar-refractivity contribution in [1.29, 1.82) is 0 Å². The Hall–Kier alpha value is -2.50. The van der Waals surface area contributed by atoms with Crippen LogP contribution in [0.15, 0.2) is 67.0 Å². The second-order valence-electron chi connectivity index (χ2n) is 5.63. The Bertz CT molecular complexity index is 756. The molecule has 3 rings (SSSR count). The fourth-order valence-corrected chi connectivity index (χ4v) is 2.63. The molecule has 0 aliphatic rings. The summed E-state index contributed by atoms with van der Waals surface area (Å²) < 4.78 is 14.7. The zero-order valence-corrected chi connectivity index (χ0v) is 13.3. The van der Waals surface area contributed by atoms with Gasteiger partial charge in [0.2, 0.25) is 0 Å². The molecule has 4 nitrogen and oxygen atoms in total. The van der Waals surface area contributed by atoms with Crippen LogP contribution in [-0.2, 0) is 6.54 Å². The molecule has 0 unspecified atom stereocenters. The second-order valence-corrected chi connectivity index (χ2v) is 5.63. The summed E-state index contributed by atoms with van der Waals surface area (Å²) in [7, 11) is 0. The largest absolute Gasteiger partial charge is 0.396 e. The summed E-state index contributed by atoms with van der Waals surface area (Å²) in [4.78, 5) is 0. The van der Waals surface area contributed by atoms with Crippen LogP contribution >= 0.6 is 0 Å². The number of nitrogens with one attached hydrogen (secondary N) is 1. The van der Waals surface area contributed by atoms with Crippen LogP contribution in [0.4, 0.5) is 4.39 Å². The number of benzene rings is 2. The van der Waals surface area contributed by atoms with Crippen LogP contribution in [0.25, 0.3) is 5.69 Å². The monoisotopic (exact) mass is 325 g/mol. The first-order chi connectivity index (χ1) is 11.8. The number of aliphatic hydroxyl groups excluding tert-OH is 1. The van der Waals surface area contributed by atoms with Crippen molar-refractivity contribution in [2.45, 2.75) is 19.0 Å². The smallest absolute Gasteiger partial charge is 0.123 e. The van der Waals surface area contributed by atoms with E-state index in [0.29, 0.717) is 13.0 Å². The van der Waals surface area contributed by atoms with Gasteiger partial charge in [-0.25, -0.2) is 9.07 Å². The van der Waals surface area contributed by atoms with Gasteiger partial charge in [0, 0.05) is 31.0 Å². The molecule has 0 saturated carbocycles. The summed E-state index contributed by atoms with van der Waals surface area (Å²) in [6.45, 7) is 0.766. The minimum Gasteiger partial charge on any atom is -0.396 e. The minimum atomic E-state index is -0.262. The average Bonchev–Trinajstić information content (AvgIpc) is 3.09. The lowest BCUT2D eigenvalue weighted by Gasteiger charge is -2.17. The van der Waals surface area contributed by atoms with Gasteiger partial charge < -0.3 is 10.4 Å². The molecule has 0 radical (unpaired) electrons. The molecule has 124 valence electrons. The molecular formula is C19H20FN3O. The Labute approximate surface area is 140 Å². The van der Waals surface area contributed by atoms with Gasteiger partial charge in [0.25, 0.3) is 0 Å². The highest BCUT2D eigenvalue weighted by Gasteiger charge is 2.10. The Balaban J connectivity index is 1.66. The van der Waals surface area contributed by atoms with Crippen LogP contribution in [0.3, 0.4) is 0 Å². The van der Waals surface area contributed by atoms with E-state index in [9.17, 15) is 9.50 Å². The third-order valence-electron chi connectivity index (χ3n) is 3.90. The molecule has 0 amide bonds. The molecule has 2 aromatic carbocycles. The van der Waals surface area contributed by atoms with E-state index >= 15 is 0 Å². The van der Waals surface area contributed by atoms with Gasteiger partial charge in [-0.15, -0.1) is 0 Å². The van der Waals surface area contributed by atoms with Crippen molar-refractivity contribution >= 4 is 0 Å². The lowest BCUT2D eigenvalue weighted by Crippen LogP contribution is -2.21. The molecular weight excluding hydrogens is 305 g/mol. The molecule has 3 aromatic rings. The van der Waals surface area contributed by atoms with Crippen LogP contribution in [0, 0.1) is 5.82 Å². The van der Waals surface area contributed by atoms with Crippen LogP contribution in [0.1, 0.15) is 23.6 Å². The van der Waals surface area contributed by atoms with E-state index in [4.69, 9.17) is 0 Å². The molecule has 5 heteroatoms. The van der Waals surface area contributed by atoms with Gasteiger partial charge in [0.1, 0.15) is 5.82 Å². The van der Waals surface area contributed by atoms with E-state index in [1.165, 1.54) is 12.1 Å². The highest BCUT2D eigenvalue weighted by molar-refractivity contribution is 5.31. The SMILES string of the molecule is OCC[C@@H](NCc1cnn(-c2ccc(F)cc2)c1)c1ccccc1. The third kappa shape index (κ3) is 4.07. The Morgan fingerprint density at radius 2 is 1.83 bits per heavy atom. The van der Waals surface area contributed by atoms with Crippen molar-refractivity contribution in [2.75, 3.05) is 6.61 Å². The maximum absolute atomic E-state index is 13.0. The fourth-order valence-electron chi connectivity index (χ4n) is 2.63. The van der Waals surface area contributed by atoms with Gasteiger partial charge in [-0.1, -0.05) is 30.3 Å². The van der Waals surface area contributed by atoms with Gasteiger partial charge in [-0.2, -0.15) is 5.10 Å². The van der Waals surface area contributed by atoms with Crippen LogP contribution < -0.4 is 5.32 Å². The number of rotatable bonds is 7. The van der Waals surface area contributed by atoms with Gasteiger partial charge in [-0.05, 0) is 36.2 Å². The molecule has 1 aromatic heterocycles. The first-order valence-electron chi connectivity index (χ1n) is 7.95. The van der Waals surface area contributed by atoms with Crippen molar-refractivity contribution in [3.8, 4) is 5.69 Å². The van der Waals surface area contributed by atoms with Crippen molar-refractivity contribution in [1.82, 2.24) is 15.1 Å². The number of aliphatic hydroxyl groups is 1. The summed E-state index contributed by atoms with van der Waals surface area (Å²) in [6, 6.07) is 16.4. The summed E-state index contributed by atoms with van der Waals surface area (Å²) in [5, 5.41) is 17.1. The Morgan fingerprint density at radius 3 is 2.54 bits per heavy atom. The molecule has 2 N–H and O–H groups in total. The standard InChI is InChI=1S/C19H20FN3O/c20-17-6-8-18(9-7-17)23-14-15(13-22-23)12-21-19(10-11-24)16-4-2-1-3-5-16/h1-9,13-14,19,21,24H,10-12H2/t19-/m1/s1. The molecule has 0 aliphatic carbocycles. The number of aromatic nitrogens is 2. The van der Waals surface area contributed by atoms with Gasteiger partial charge in [0.15, 0.2) is 0 Å². The number of hydrogen-bond donors (Lipinski definition) is 2. The molecule has 0 saturated heterocycles. The maximum Gasteiger partial charge on any atom is 0.123 e. The zero-order chi connectivity index (χ0) is 16.8. The molecule has 0 spiro atoms. The summed E-state index contributed by atoms with van der Waals surface area (Å²) in [5.74, 6) is -0.262. The quantitative estimate of drug-likeness (QED) is 0.701. The fraction of sp³-hybridized carbons (Fsp3) is 0.211. The van der Waals surface area contributed by atoms with Gasteiger partial charge in [0.05, 0.1) is 11.9 Å². The van der Waals surface area contributed by atoms with E-state index in [-0.39, 0.29) is 18.5 Å². The lowest BCUT2D eigenvalue weighted by molar-refractivity contribution is 0.265. The first-order valence-corrected chi connectivity index (χ1v) is 7.95. The minimum absolute atomic E-state index is 0.0883. The van der Waals surface area contributed by atoms with E-state index in [2.05, 4.69) is 22.5 Å². The van der Waals surface area contributed by atoms with E-state index < -0.39 is 0 Å². The van der Waals surface area contributed by atoms with Crippen LogP contribution in [-0.4, -0.2) is 21.5 Å². The maximum atomic E-state index is 13.0. The van der Waals surface area contributed by atoms with Gasteiger partial charge in [-0.3, -0.25) is 0 Å². The molecule has 0 aliphatic heterocycles. The second kappa shape index (κ2) is 7.86. The Kier molecular flexibility index (Phi) is 5.36. The lowest BCUT2D eigenvalue weighted by atomic mass is 10.0. The average molecular weight is 325 g/mol. The number of nitrogens with zero attached hydrogens (tertiary/aromatic N) is 2. The topological polar surface area (TPSA) is 50.1 Å². The molecule has 24 heavy (non-hydrogen) atoms. The van der Waals surface area contributed by atoms with Crippen molar-refractivity contribution < 1.29 is 9.50 Å². The summed E-state index contributed by atoms with van der Waals surface area (Å²) in [5.41, 5.74) is 2.99. The molecule has 1 heterocycles. The summed E-state index contributed by atoms with van der Waals surface area (Å²) >= 11 is 0. The van der Waals surface area contributed by atoms with E-state index in [1.54, 1.807) is 23.0 Å². The highest BCUT2D eigenvalue weighted by Crippen LogP contribution is 2.17. The van der Waals surface area contributed by atoms with E-state index in [1.807, 2.05) is 24.4 Å². The number of halogens is 1. The van der Waals surface area contributed by atoms with Crippen LogP contribution in [0.5, 0.6) is 0 Å².